The van der Waals surface area contributed by atoms with Crippen LogP contribution >= 0.6 is 0 Å². The number of nitrogens with zero attached hydrogens (tertiary/aromatic N) is 3. The number of hydrogen-bond donors (Lipinski definition) is 1. The Morgan fingerprint density at radius 1 is 1.32 bits per heavy atom. The van der Waals surface area contributed by atoms with E-state index >= 15 is 0 Å². The van der Waals surface area contributed by atoms with Crippen molar-refractivity contribution in [3.05, 3.63) is 5.82 Å². The van der Waals surface area contributed by atoms with Crippen LogP contribution in [0.2, 0.25) is 0 Å². The number of ether oxygens (including phenoxy) is 2. The molecule has 1 rings (SSSR count). The lowest BCUT2D eigenvalue weighted by Gasteiger charge is -2.22. The lowest BCUT2D eigenvalue weighted by atomic mass is 10.1. The van der Waals surface area contributed by atoms with Crippen molar-refractivity contribution in [3.63, 3.8) is 0 Å². The van der Waals surface area contributed by atoms with Gasteiger partial charge in [-0.05, 0) is 13.8 Å². The molecule has 9 heteroatoms. The molecule has 0 saturated heterocycles. The third-order valence-corrected chi connectivity index (χ3v) is 3.51. The van der Waals surface area contributed by atoms with Crippen LogP contribution in [-0.4, -0.2) is 49.6 Å². The number of nitrogens with two attached hydrogens (primary N) is 1. The highest BCUT2D eigenvalue weighted by atomic mass is 32.2. The molecular weight excluding hydrogens is 272 g/mol. The second-order valence-corrected chi connectivity index (χ2v) is 6.18. The Bertz CT molecular complexity index is 524. The molecule has 0 atom stereocenters. The number of primary sulfonamides is 1. The molecule has 0 unspecified atom stereocenters. The first-order valence-electron chi connectivity index (χ1n) is 5.70. The molecule has 0 aliphatic carbocycles. The third kappa shape index (κ3) is 4.23. The summed E-state index contributed by atoms with van der Waals surface area (Å²) in [7, 11) is -0.805. The zero-order chi connectivity index (χ0) is 14.7. The quantitative estimate of drug-likeness (QED) is 0.728. The highest BCUT2D eigenvalue weighted by Crippen LogP contribution is 2.17. The average molecular weight is 292 g/mol. The monoisotopic (exact) mass is 292 g/mol. The lowest BCUT2D eigenvalue weighted by molar-refractivity contribution is 0.0205. The Labute approximate surface area is 113 Å². The summed E-state index contributed by atoms with van der Waals surface area (Å²) >= 11 is 0. The van der Waals surface area contributed by atoms with E-state index in [2.05, 4.69) is 10.2 Å². The van der Waals surface area contributed by atoms with Gasteiger partial charge < -0.3 is 9.47 Å². The van der Waals surface area contributed by atoms with Crippen LogP contribution in [0, 0.1) is 0 Å². The molecule has 0 aromatic carbocycles. The van der Waals surface area contributed by atoms with Crippen molar-refractivity contribution in [1.82, 2.24) is 14.8 Å². The Morgan fingerprint density at radius 3 is 2.42 bits per heavy atom. The summed E-state index contributed by atoms with van der Waals surface area (Å²) < 4.78 is 34.6. The fourth-order valence-electron chi connectivity index (χ4n) is 1.52. The fraction of sp³-hybridized carbons (Fsp3) is 0.800. The molecule has 1 aromatic heterocycles. The van der Waals surface area contributed by atoms with Gasteiger partial charge >= 0.3 is 0 Å². The van der Waals surface area contributed by atoms with Gasteiger partial charge in [0.25, 0.3) is 15.2 Å². The second-order valence-electron chi connectivity index (χ2n) is 4.73. The zero-order valence-corrected chi connectivity index (χ0v) is 12.4. The van der Waals surface area contributed by atoms with Gasteiger partial charge in [-0.3, -0.25) is 4.57 Å². The maximum absolute atomic E-state index is 11.4. The van der Waals surface area contributed by atoms with Crippen molar-refractivity contribution >= 4 is 10.0 Å². The molecule has 0 aliphatic rings. The molecular formula is C10H20N4O4S. The molecule has 0 radical (unpaired) electrons. The molecule has 110 valence electrons. The van der Waals surface area contributed by atoms with Crippen LogP contribution in [0.1, 0.15) is 19.7 Å². The van der Waals surface area contributed by atoms with Gasteiger partial charge in [0.2, 0.25) is 0 Å². The normalized spacial score (nSPS) is 12.9. The molecule has 2 N–H and O–H groups in total. The van der Waals surface area contributed by atoms with Crippen molar-refractivity contribution in [1.29, 1.82) is 0 Å². The van der Waals surface area contributed by atoms with Crippen LogP contribution in [0.5, 0.6) is 0 Å². The van der Waals surface area contributed by atoms with E-state index in [1.165, 1.54) is 11.7 Å². The lowest BCUT2D eigenvalue weighted by Crippen LogP contribution is -2.28. The summed E-state index contributed by atoms with van der Waals surface area (Å²) in [5.41, 5.74) is -0.479. The summed E-state index contributed by atoms with van der Waals surface area (Å²) in [6.45, 7) is 4.39. The molecule has 1 heterocycles. The van der Waals surface area contributed by atoms with Crippen molar-refractivity contribution in [2.24, 2.45) is 5.14 Å². The molecule has 8 nitrogen and oxygen atoms in total. The highest BCUT2D eigenvalue weighted by molar-refractivity contribution is 7.89. The van der Waals surface area contributed by atoms with E-state index < -0.39 is 15.6 Å². The average Bonchev–Trinajstić information content (AvgIpc) is 2.68. The minimum Gasteiger partial charge on any atom is -0.383 e. The molecule has 0 amide bonds. The number of sulfonamides is 1. The van der Waals surface area contributed by atoms with Crippen molar-refractivity contribution in [2.45, 2.75) is 37.6 Å². The minimum absolute atomic E-state index is 0.258. The van der Waals surface area contributed by atoms with Crippen molar-refractivity contribution in [2.75, 3.05) is 20.8 Å². The van der Waals surface area contributed by atoms with Crippen LogP contribution in [0.25, 0.3) is 0 Å². The van der Waals surface area contributed by atoms with E-state index in [9.17, 15) is 8.42 Å². The van der Waals surface area contributed by atoms with E-state index in [0.29, 0.717) is 25.4 Å². The van der Waals surface area contributed by atoms with E-state index in [1.807, 2.05) is 13.8 Å². The number of methoxy groups -OCH3 is 2. The standard InChI is InChI=1S/C10H20N4O4S/c1-10(2,18-4)7-8-12-13-9(19(11,15)16)14(8)5-6-17-3/h5-7H2,1-4H3,(H2,11,15,16). The van der Waals surface area contributed by atoms with Gasteiger partial charge in [0.05, 0.1) is 12.2 Å². The first-order valence-corrected chi connectivity index (χ1v) is 7.25. The van der Waals surface area contributed by atoms with Crippen molar-refractivity contribution in [3.8, 4) is 0 Å². The summed E-state index contributed by atoms with van der Waals surface area (Å²) in [6.07, 6.45) is 0.412. The summed E-state index contributed by atoms with van der Waals surface area (Å²) in [5, 5.41) is 12.4. The maximum Gasteiger partial charge on any atom is 0.273 e. The number of rotatable bonds is 7. The molecule has 0 spiro atoms. The number of hydrogen-bond acceptors (Lipinski definition) is 6. The second kappa shape index (κ2) is 5.95. The van der Waals surface area contributed by atoms with Gasteiger partial charge in [0.15, 0.2) is 0 Å². The van der Waals surface area contributed by atoms with Gasteiger partial charge in [-0.1, -0.05) is 0 Å². The molecule has 0 bridgehead atoms. The van der Waals surface area contributed by atoms with Gasteiger partial charge in [-0.25, -0.2) is 13.6 Å². The van der Waals surface area contributed by atoms with Gasteiger partial charge in [0.1, 0.15) is 5.82 Å². The van der Waals surface area contributed by atoms with Crippen LogP contribution in [0.15, 0.2) is 5.16 Å². The van der Waals surface area contributed by atoms with Crippen LogP contribution in [0.4, 0.5) is 0 Å². The summed E-state index contributed by atoms with van der Waals surface area (Å²) in [6, 6.07) is 0. The van der Waals surface area contributed by atoms with Gasteiger partial charge in [-0.15, -0.1) is 10.2 Å². The topological polar surface area (TPSA) is 109 Å². The molecule has 0 fully saturated rings. The SMILES string of the molecule is COCCn1c(CC(C)(C)OC)nnc1S(N)(=O)=O. The van der Waals surface area contributed by atoms with Crippen LogP contribution in [0.3, 0.4) is 0 Å². The van der Waals surface area contributed by atoms with Crippen LogP contribution < -0.4 is 5.14 Å². The molecule has 1 aromatic rings. The Morgan fingerprint density at radius 2 is 1.95 bits per heavy atom. The Hall–Kier alpha value is -1.03. The zero-order valence-electron chi connectivity index (χ0n) is 11.6. The van der Waals surface area contributed by atoms with Gasteiger partial charge in [0, 0.05) is 27.2 Å². The molecule has 0 aliphatic heterocycles. The third-order valence-electron chi connectivity index (χ3n) is 2.70. The predicted molar refractivity (Wildman–Crippen MR) is 68.1 cm³/mol. The maximum atomic E-state index is 11.4. The van der Waals surface area contributed by atoms with E-state index in [4.69, 9.17) is 14.6 Å². The summed E-state index contributed by atoms with van der Waals surface area (Å²) in [5.74, 6) is 0.493. The highest BCUT2D eigenvalue weighted by Gasteiger charge is 2.26. The van der Waals surface area contributed by atoms with E-state index in [1.54, 1.807) is 7.11 Å². The van der Waals surface area contributed by atoms with E-state index in [-0.39, 0.29) is 5.16 Å². The Balaban J connectivity index is 3.15. The predicted octanol–water partition coefficient (Wildman–Crippen LogP) is -0.461. The minimum atomic E-state index is -3.91. The smallest absolute Gasteiger partial charge is 0.273 e. The molecule has 19 heavy (non-hydrogen) atoms. The first kappa shape index (κ1) is 16.0. The molecule has 0 saturated carbocycles. The first-order chi connectivity index (χ1) is 8.71. The Kier molecular flexibility index (Phi) is 5.02. The summed E-state index contributed by atoms with van der Waals surface area (Å²) in [4.78, 5) is 0. The fourth-order valence-corrected chi connectivity index (χ4v) is 2.18. The number of aromatic nitrogens is 3. The largest absolute Gasteiger partial charge is 0.383 e. The van der Waals surface area contributed by atoms with Gasteiger partial charge in [-0.2, -0.15) is 0 Å². The van der Waals surface area contributed by atoms with E-state index in [0.717, 1.165) is 0 Å². The van der Waals surface area contributed by atoms with Crippen LogP contribution in [-0.2, 0) is 32.5 Å². The van der Waals surface area contributed by atoms with Crippen molar-refractivity contribution < 1.29 is 17.9 Å².